The van der Waals surface area contributed by atoms with Crippen LogP contribution in [0.15, 0.2) is 47.1 Å². The number of furan rings is 1. The van der Waals surface area contributed by atoms with E-state index in [0.717, 1.165) is 58.3 Å². The number of fused-ring (bicyclic) bond motifs is 2. The lowest BCUT2D eigenvalue weighted by Crippen LogP contribution is -2.55. The number of urea groups is 1. The molecule has 186 valence electrons. The Hall–Kier alpha value is -3.65. The van der Waals surface area contributed by atoms with Crippen molar-refractivity contribution in [3.63, 3.8) is 0 Å². The fraction of sp³-hybridized carbons (Fsp3) is 0.393. The maximum atomic E-state index is 14.0. The lowest BCUT2D eigenvalue weighted by molar-refractivity contribution is 0.0363. The predicted molar refractivity (Wildman–Crippen MR) is 137 cm³/mol. The van der Waals surface area contributed by atoms with Crippen molar-refractivity contribution in [2.24, 2.45) is 0 Å². The Labute approximate surface area is 210 Å². The molecule has 3 aromatic rings. The van der Waals surface area contributed by atoms with Crippen LogP contribution in [0.2, 0.25) is 0 Å². The van der Waals surface area contributed by atoms with E-state index in [1.165, 1.54) is 0 Å². The van der Waals surface area contributed by atoms with Crippen LogP contribution in [0.5, 0.6) is 0 Å². The first-order chi connectivity index (χ1) is 17.7. The van der Waals surface area contributed by atoms with Gasteiger partial charge in [-0.1, -0.05) is 18.2 Å². The zero-order valence-electron chi connectivity index (χ0n) is 20.3. The van der Waals surface area contributed by atoms with Crippen molar-refractivity contribution < 1.29 is 18.7 Å². The second-order valence-corrected chi connectivity index (χ2v) is 9.53. The first kappa shape index (κ1) is 22.8. The number of rotatable bonds is 2. The maximum Gasteiger partial charge on any atom is 0.320 e. The van der Waals surface area contributed by atoms with Gasteiger partial charge in [-0.15, -0.1) is 0 Å². The van der Waals surface area contributed by atoms with Crippen molar-refractivity contribution >= 4 is 34.5 Å². The number of pyridine rings is 1. The van der Waals surface area contributed by atoms with E-state index in [1.54, 1.807) is 6.26 Å². The van der Waals surface area contributed by atoms with Crippen molar-refractivity contribution in [3.05, 3.63) is 65.2 Å². The minimum atomic E-state index is 0.0302. The summed E-state index contributed by atoms with van der Waals surface area (Å²) in [6.07, 6.45) is 6.39. The Morgan fingerprint density at radius 3 is 2.39 bits per heavy atom. The molecule has 3 amide bonds. The van der Waals surface area contributed by atoms with E-state index in [0.29, 0.717) is 52.5 Å². The fourth-order valence-electron chi connectivity index (χ4n) is 5.48. The summed E-state index contributed by atoms with van der Waals surface area (Å²) in [6.45, 7) is 4.54. The number of benzene rings is 1. The quantitative estimate of drug-likeness (QED) is 0.549. The number of carbonyl (C=O) groups is 2. The average Bonchev–Trinajstić information content (AvgIpc) is 3.45. The van der Waals surface area contributed by atoms with Gasteiger partial charge in [0.05, 0.1) is 36.3 Å². The van der Waals surface area contributed by atoms with Crippen LogP contribution in [-0.4, -0.2) is 84.1 Å². The highest BCUT2D eigenvalue weighted by Gasteiger charge is 2.32. The molecule has 0 N–H and O–H groups in total. The summed E-state index contributed by atoms with van der Waals surface area (Å²) in [5.74, 6) is 0.823. The normalized spacial score (nSPS) is 19.6. The number of allylic oxidation sites excluding steroid dienone is 1. The summed E-state index contributed by atoms with van der Waals surface area (Å²) in [6, 6.07) is 11.8. The van der Waals surface area contributed by atoms with Crippen molar-refractivity contribution in [2.75, 3.05) is 52.5 Å². The van der Waals surface area contributed by atoms with Crippen molar-refractivity contribution in [2.45, 2.75) is 19.3 Å². The molecule has 0 radical (unpaired) electrons. The molecule has 0 bridgehead atoms. The van der Waals surface area contributed by atoms with Gasteiger partial charge in [0.1, 0.15) is 5.76 Å². The molecule has 2 aromatic heterocycles. The smallest absolute Gasteiger partial charge is 0.320 e. The van der Waals surface area contributed by atoms with Crippen LogP contribution in [0.3, 0.4) is 0 Å². The van der Waals surface area contributed by atoms with Gasteiger partial charge in [-0.25, -0.2) is 9.78 Å². The van der Waals surface area contributed by atoms with Gasteiger partial charge in [0.25, 0.3) is 5.91 Å². The molecule has 0 atom stereocenters. The molecule has 2 fully saturated rings. The van der Waals surface area contributed by atoms with Crippen molar-refractivity contribution in [1.82, 2.24) is 19.7 Å². The highest BCUT2D eigenvalue weighted by atomic mass is 16.5. The lowest BCUT2D eigenvalue weighted by Gasteiger charge is -2.39. The highest BCUT2D eigenvalue weighted by Crippen LogP contribution is 2.36. The number of para-hydroxylation sites is 1. The zero-order valence-corrected chi connectivity index (χ0v) is 20.3. The van der Waals surface area contributed by atoms with Gasteiger partial charge in [0.2, 0.25) is 0 Å². The first-order valence-corrected chi connectivity index (χ1v) is 12.8. The van der Waals surface area contributed by atoms with Crippen LogP contribution >= 0.6 is 0 Å². The zero-order chi connectivity index (χ0) is 24.5. The van der Waals surface area contributed by atoms with Gasteiger partial charge >= 0.3 is 6.03 Å². The molecule has 0 spiro atoms. The highest BCUT2D eigenvalue weighted by molar-refractivity contribution is 6.09. The number of hydrogen-bond donors (Lipinski definition) is 0. The third-order valence-electron chi connectivity index (χ3n) is 7.36. The number of aromatic nitrogens is 1. The number of amides is 3. The summed E-state index contributed by atoms with van der Waals surface area (Å²) < 4.78 is 10.9. The summed E-state index contributed by atoms with van der Waals surface area (Å²) in [5.41, 5.74) is 4.61. The molecule has 2 aliphatic heterocycles. The third kappa shape index (κ3) is 4.26. The number of ether oxygens (including phenoxy) is 1. The summed E-state index contributed by atoms with van der Waals surface area (Å²) >= 11 is 0. The summed E-state index contributed by atoms with van der Waals surface area (Å²) in [7, 11) is 0. The molecule has 0 unspecified atom stereocenters. The van der Waals surface area contributed by atoms with E-state index in [4.69, 9.17) is 14.1 Å². The van der Waals surface area contributed by atoms with Gasteiger partial charge in [-0.3, -0.25) is 4.79 Å². The minimum Gasteiger partial charge on any atom is -0.465 e. The van der Waals surface area contributed by atoms with Crippen LogP contribution in [0.4, 0.5) is 4.79 Å². The van der Waals surface area contributed by atoms with E-state index in [-0.39, 0.29) is 11.9 Å². The second-order valence-electron chi connectivity index (χ2n) is 9.53. The Kier molecular flexibility index (Phi) is 6.19. The van der Waals surface area contributed by atoms with Crippen molar-refractivity contribution in [3.8, 4) is 0 Å². The van der Waals surface area contributed by atoms with Gasteiger partial charge in [0.15, 0.2) is 0 Å². The Balaban J connectivity index is 1.29. The molecular weight excluding hydrogens is 456 g/mol. The molecule has 3 aliphatic rings. The van der Waals surface area contributed by atoms with Crippen LogP contribution in [0, 0.1) is 0 Å². The van der Waals surface area contributed by atoms with Gasteiger partial charge in [-0.05, 0) is 54.7 Å². The molecule has 0 saturated carbocycles. The molecule has 4 heterocycles. The number of piperazine rings is 1. The van der Waals surface area contributed by atoms with E-state index < -0.39 is 0 Å². The van der Waals surface area contributed by atoms with E-state index in [2.05, 4.69) is 0 Å². The Morgan fingerprint density at radius 2 is 1.61 bits per heavy atom. The number of hydrogen-bond acceptors (Lipinski definition) is 5. The molecule has 8 heteroatoms. The lowest BCUT2D eigenvalue weighted by atomic mass is 9.85. The predicted octanol–water partition coefficient (Wildman–Crippen LogP) is 3.91. The first-order valence-electron chi connectivity index (χ1n) is 12.8. The molecule has 36 heavy (non-hydrogen) atoms. The molecule has 6 rings (SSSR count). The standard InChI is InChI=1S/C28H30N4O4/c33-27(30-10-12-31(13-11-30)28(34)32-14-17-35-18-15-32)25-22-7-1-2-9-24(22)29-26-20(5-3-8-23(25)26)19-21-6-4-16-36-21/h1-2,4,6-7,9,16,19H,3,5,8,10-15,17-18H2/b20-19-. The van der Waals surface area contributed by atoms with Gasteiger partial charge in [-0.2, -0.15) is 0 Å². The number of morpholine rings is 1. The van der Waals surface area contributed by atoms with Gasteiger partial charge < -0.3 is 23.9 Å². The monoisotopic (exact) mass is 486 g/mol. The second kappa shape index (κ2) is 9.78. The van der Waals surface area contributed by atoms with Crippen LogP contribution in [0.25, 0.3) is 22.6 Å². The SMILES string of the molecule is O=C(c1c2c(nc3ccccc13)/C(=C\c1ccco1)CCC2)N1CCN(C(=O)N2CCOCC2)CC1. The molecule has 2 saturated heterocycles. The van der Waals surface area contributed by atoms with E-state index in [9.17, 15) is 9.59 Å². The molecule has 1 aliphatic carbocycles. The minimum absolute atomic E-state index is 0.0302. The van der Waals surface area contributed by atoms with Crippen molar-refractivity contribution in [1.29, 1.82) is 0 Å². The summed E-state index contributed by atoms with van der Waals surface area (Å²) in [4.78, 5) is 37.5. The topological polar surface area (TPSA) is 79.1 Å². The third-order valence-corrected chi connectivity index (χ3v) is 7.36. The fourth-order valence-corrected chi connectivity index (χ4v) is 5.48. The Bertz CT molecular complexity index is 1300. The number of carbonyl (C=O) groups excluding carboxylic acids is 2. The van der Waals surface area contributed by atoms with E-state index in [1.807, 2.05) is 57.2 Å². The van der Waals surface area contributed by atoms with Gasteiger partial charge in [0, 0.05) is 44.7 Å². The van der Waals surface area contributed by atoms with Crippen LogP contribution < -0.4 is 0 Å². The average molecular weight is 487 g/mol. The van der Waals surface area contributed by atoms with Crippen LogP contribution in [0.1, 0.15) is 40.2 Å². The number of nitrogens with zero attached hydrogens (tertiary/aromatic N) is 4. The van der Waals surface area contributed by atoms with Crippen LogP contribution in [-0.2, 0) is 11.2 Å². The molecule has 1 aromatic carbocycles. The van der Waals surface area contributed by atoms with E-state index >= 15 is 0 Å². The molecule has 8 nitrogen and oxygen atoms in total. The maximum absolute atomic E-state index is 14.0. The largest absolute Gasteiger partial charge is 0.465 e. The summed E-state index contributed by atoms with van der Waals surface area (Å²) in [5, 5.41) is 0.896. The Morgan fingerprint density at radius 1 is 0.861 bits per heavy atom. The molecular formula is C28H30N4O4.